The second-order valence-electron chi connectivity index (χ2n) is 5.29. The molecule has 0 atom stereocenters. The van der Waals surface area contributed by atoms with Crippen molar-refractivity contribution in [3.05, 3.63) is 61.5 Å². The van der Waals surface area contributed by atoms with Crippen LogP contribution in [0.5, 0.6) is 0 Å². The fourth-order valence-electron chi connectivity index (χ4n) is 2.89. The molecule has 0 saturated heterocycles. The van der Waals surface area contributed by atoms with Crippen molar-refractivity contribution in [2.75, 3.05) is 0 Å². The van der Waals surface area contributed by atoms with Crippen molar-refractivity contribution in [2.24, 2.45) is 0 Å². The molecule has 4 heteroatoms. The van der Waals surface area contributed by atoms with E-state index in [9.17, 15) is 4.79 Å². The van der Waals surface area contributed by atoms with E-state index in [-0.39, 0.29) is 5.56 Å². The summed E-state index contributed by atoms with van der Waals surface area (Å²) in [6.07, 6.45) is 6.02. The molecule has 1 aromatic heterocycles. The fourth-order valence-corrected chi connectivity index (χ4v) is 3.34. The zero-order valence-electron chi connectivity index (χ0n) is 11.3. The Morgan fingerprint density at radius 2 is 1.95 bits per heavy atom. The standard InChI is InChI=1S/C16H17BrN2O/c17-12-5-3-4-11(10-12)8-9-15-13-6-1-2-7-14(13)16(20)19-18-15/h3-5,10H,1-2,6-9H2,(H,19,20). The van der Waals surface area contributed by atoms with E-state index >= 15 is 0 Å². The summed E-state index contributed by atoms with van der Waals surface area (Å²) in [5, 5.41) is 6.94. The number of hydrogen-bond donors (Lipinski definition) is 1. The van der Waals surface area contributed by atoms with E-state index in [1.165, 1.54) is 17.5 Å². The van der Waals surface area contributed by atoms with Crippen molar-refractivity contribution in [1.82, 2.24) is 10.2 Å². The highest BCUT2D eigenvalue weighted by Gasteiger charge is 2.17. The van der Waals surface area contributed by atoms with Crippen LogP contribution in [0.2, 0.25) is 0 Å². The molecule has 104 valence electrons. The first-order valence-electron chi connectivity index (χ1n) is 7.08. The summed E-state index contributed by atoms with van der Waals surface area (Å²) in [6.45, 7) is 0. The molecule has 1 aliphatic rings. The minimum absolute atomic E-state index is 0.00547. The van der Waals surface area contributed by atoms with Crippen LogP contribution in [0, 0.1) is 0 Å². The molecule has 0 amide bonds. The maximum Gasteiger partial charge on any atom is 0.267 e. The molecule has 1 aliphatic carbocycles. The summed E-state index contributed by atoms with van der Waals surface area (Å²) in [7, 11) is 0. The predicted octanol–water partition coefficient (Wildman–Crippen LogP) is 3.20. The maximum atomic E-state index is 11.8. The first-order valence-corrected chi connectivity index (χ1v) is 7.87. The van der Waals surface area contributed by atoms with E-state index < -0.39 is 0 Å². The van der Waals surface area contributed by atoms with Gasteiger partial charge in [0.15, 0.2) is 0 Å². The smallest absolute Gasteiger partial charge is 0.267 e. The number of halogens is 1. The lowest BCUT2D eigenvalue weighted by Gasteiger charge is -2.17. The Morgan fingerprint density at radius 3 is 2.75 bits per heavy atom. The second kappa shape index (κ2) is 5.92. The number of fused-ring (bicyclic) bond motifs is 1. The summed E-state index contributed by atoms with van der Waals surface area (Å²) in [4.78, 5) is 11.8. The number of aromatic amines is 1. The van der Waals surface area contributed by atoms with Crippen LogP contribution in [-0.4, -0.2) is 10.2 Å². The molecule has 3 rings (SSSR count). The van der Waals surface area contributed by atoms with Crippen LogP contribution < -0.4 is 5.56 Å². The molecule has 0 unspecified atom stereocenters. The van der Waals surface area contributed by atoms with Gasteiger partial charge in [0.1, 0.15) is 0 Å². The molecule has 0 saturated carbocycles. The highest BCUT2D eigenvalue weighted by atomic mass is 79.9. The largest absolute Gasteiger partial charge is 0.268 e. The van der Waals surface area contributed by atoms with Crippen molar-refractivity contribution in [1.29, 1.82) is 0 Å². The van der Waals surface area contributed by atoms with Gasteiger partial charge in [-0.25, -0.2) is 5.10 Å². The Kier molecular flexibility index (Phi) is 4.01. The molecular weight excluding hydrogens is 316 g/mol. The van der Waals surface area contributed by atoms with Gasteiger partial charge in [0, 0.05) is 10.0 Å². The first-order chi connectivity index (χ1) is 9.74. The number of aryl methyl sites for hydroxylation is 2. The molecular formula is C16H17BrN2O. The molecule has 1 N–H and O–H groups in total. The zero-order valence-corrected chi connectivity index (χ0v) is 12.9. The van der Waals surface area contributed by atoms with Gasteiger partial charge in [0.25, 0.3) is 5.56 Å². The number of benzene rings is 1. The molecule has 0 fully saturated rings. The van der Waals surface area contributed by atoms with Crippen LogP contribution in [0.1, 0.15) is 35.2 Å². The van der Waals surface area contributed by atoms with Crippen LogP contribution in [-0.2, 0) is 25.7 Å². The van der Waals surface area contributed by atoms with Crippen LogP contribution in [0.25, 0.3) is 0 Å². The Morgan fingerprint density at radius 1 is 1.15 bits per heavy atom. The molecule has 2 aromatic rings. The van der Waals surface area contributed by atoms with Gasteiger partial charge in [-0.05, 0) is 61.8 Å². The van der Waals surface area contributed by atoms with E-state index in [2.05, 4.69) is 44.3 Å². The lowest BCUT2D eigenvalue weighted by atomic mass is 9.90. The van der Waals surface area contributed by atoms with E-state index in [1.807, 2.05) is 6.07 Å². The van der Waals surface area contributed by atoms with Crippen LogP contribution in [0.15, 0.2) is 33.5 Å². The highest BCUT2D eigenvalue weighted by molar-refractivity contribution is 9.10. The zero-order chi connectivity index (χ0) is 13.9. The van der Waals surface area contributed by atoms with Crippen LogP contribution >= 0.6 is 15.9 Å². The molecule has 3 nitrogen and oxygen atoms in total. The fraction of sp³-hybridized carbons (Fsp3) is 0.375. The summed E-state index contributed by atoms with van der Waals surface area (Å²) < 4.78 is 1.10. The number of nitrogens with one attached hydrogen (secondary N) is 1. The Labute approximate surface area is 126 Å². The van der Waals surface area contributed by atoms with E-state index in [1.54, 1.807) is 0 Å². The molecule has 0 spiro atoms. The first kappa shape index (κ1) is 13.6. The van der Waals surface area contributed by atoms with Crippen LogP contribution in [0.4, 0.5) is 0 Å². The Bertz CT molecular complexity index is 678. The van der Waals surface area contributed by atoms with Crippen molar-refractivity contribution < 1.29 is 0 Å². The number of rotatable bonds is 3. The molecule has 1 heterocycles. The highest BCUT2D eigenvalue weighted by Crippen LogP contribution is 2.21. The average Bonchev–Trinajstić information content (AvgIpc) is 2.47. The van der Waals surface area contributed by atoms with Gasteiger partial charge in [-0.3, -0.25) is 4.79 Å². The summed E-state index contributed by atoms with van der Waals surface area (Å²) in [6, 6.07) is 8.35. The number of hydrogen-bond acceptors (Lipinski definition) is 2. The summed E-state index contributed by atoms with van der Waals surface area (Å²) >= 11 is 3.49. The molecule has 0 bridgehead atoms. The molecule has 0 aliphatic heterocycles. The second-order valence-corrected chi connectivity index (χ2v) is 6.21. The third-order valence-electron chi connectivity index (χ3n) is 3.92. The lowest BCUT2D eigenvalue weighted by Crippen LogP contribution is -2.23. The normalized spacial score (nSPS) is 14.1. The van der Waals surface area contributed by atoms with E-state index in [0.29, 0.717) is 0 Å². The SMILES string of the molecule is O=c1[nH]nc(CCc2cccc(Br)c2)c2c1CCCC2. The number of H-pyrrole nitrogens is 1. The maximum absolute atomic E-state index is 11.8. The summed E-state index contributed by atoms with van der Waals surface area (Å²) in [5.74, 6) is 0. The van der Waals surface area contributed by atoms with Crippen LogP contribution in [0.3, 0.4) is 0 Å². The summed E-state index contributed by atoms with van der Waals surface area (Å²) in [5.41, 5.74) is 4.53. The Balaban J connectivity index is 1.83. The quantitative estimate of drug-likeness (QED) is 0.938. The van der Waals surface area contributed by atoms with Crippen molar-refractivity contribution in [2.45, 2.75) is 38.5 Å². The topological polar surface area (TPSA) is 45.8 Å². The van der Waals surface area contributed by atoms with Gasteiger partial charge in [0.05, 0.1) is 5.69 Å². The van der Waals surface area contributed by atoms with Gasteiger partial charge in [-0.1, -0.05) is 28.1 Å². The van der Waals surface area contributed by atoms with Crippen molar-refractivity contribution >= 4 is 15.9 Å². The van der Waals surface area contributed by atoms with Gasteiger partial charge >= 0.3 is 0 Å². The number of aromatic nitrogens is 2. The predicted molar refractivity (Wildman–Crippen MR) is 83.0 cm³/mol. The molecule has 1 aromatic carbocycles. The van der Waals surface area contributed by atoms with Gasteiger partial charge in [0.2, 0.25) is 0 Å². The third-order valence-corrected chi connectivity index (χ3v) is 4.42. The minimum Gasteiger partial charge on any atom is -0.268 e. The van der Waals surface area contributed by atoms with Gasteiger partial charge in [-0.15, -0.1) is 0 Å². The Hall–Kier alpha value is -1.42. The monoisotopic (exact) mass is 332 g/mol. The van der Waals surface area contributed by atoms with Crippen molar-refractivity contribution in [3.63, 3.8) is 0 Å². The number of nitrogens with zero attached hydrogens (tertiary/aromatic N) is 1. The van der Waals surface area contributed by atoms with Gasteiger partial charge < -0.3 is 0 Å². The lowest BCUT2D eigenvalue weighted by molar-refractivity contribution is 0.649. The van der Waals surface area contributed by atoms with E-state index in [0.717, 1.165) is 47.8 Å². The van der Waals surface area contributed by atoms with E-state index in [4.69, 9.17) is 0 Å². The minimum atomic E-state index is 0.00547. The van der Waals surface area contributed by atoms with Crippen molar-refractivity contribution in [3.8, 4) is 0 Å². The average molecular weight is 333 g/mol. The molecule has 20 heavy (non-hydrogen) atoms. The molecule has 0 radical (unpaired) electrons. The third kappa shape index (κ3) is 2.85. The van der Waals surface area contributed by atoms with Gasteiger partial charge in [-0.2, -0.15) is 5.10 Å².